The predicted molar refractivity (Wildman–Crippen MR) is 105 cm³/mol. The maximum absolute atomic E-state index is 12.4. The van der Waals surface area contributed by atoms with E-state index in [2.05, 4.69) is 18.7 Å². The molecule has 1 aliphatic heterocycles. The summed E-state index contributed by atoms with van der Waals surface area (Å²) in [4.78, 5) is 2.65. The fraction of sp³-hybridized carbons (Fsp3) is 1.00. The van der Waals surface area contributed by atoms with Crippen molar-refractivity contribution in [3.05, 3.63) is 0 Å². The zero-order valence-corrected chi connectivity index (χ0v) is 17.8. The number of likely N-dealkylation sites (tertiary alicyclic amines) is 1. The third-order valence-electron chi connectivity index (χ3n) is 10.9. The maximum Gasteiger partial charge on any atom is 0.0771 e. The van der Waals surface area contributed by atoms with Gasteiger partial charge in [-0.25, -0.2) is 0 Å². The summed E-state index contributed by atoms with van der Waals surface area (Å²) in [5.74, 6) is 1.58. The maximum atomic E-state index is 12.4. The monoisotopic (exact) mass is 391 g/mol. The Balaban J connectivity index is 1.59. The van der Waals surface area contributed by atoms with Gasteiger partial charge in [-0.3, -0.25) is 4.90 Å². The summed E-state index contributed by atoms with van der Waals surface area (Å²) in [5, 5.41) is 24.0. The second-order valence-electron chi connectivity index (χ2n) is 11.3. The van der Waals surface area contributed by atoms with Crippen molar-refractivity contribution < 1.29 is 19.7 Å². The molecule has 7 bridgehead atoms. The molecule has 0 aromatic carbocycles. The van der Waals surface area contributed by atoms with Crippen LogP contribution in [0.3, 0.4) is 0 Å². The molecule has 0 radical (unpaired) electrons. The first-order valence-electron chi connectivity index (χ1n) is 11.6. The molecule has 6 rings (SSSR count). The molecular weight excluding hydrogens is 354 g/mol. The Bertz CT molecular complexity index is 688. The number of hydrogen-bond donors (Lipinski definition) is 2. The highest BCUT2D eigenvalue weighted by molar-refractivity contribution is 5.32. The summed E-state index contributed by atoms with van der Waals surface area (Å²) >= 11 is 0. The largest absolute Gasteiger partial charge is 0.392 e. The summed E-state index contributed by atoms with van der Waals surface area (Å²) in [6.45, 7) is 6.88. The van der Waals surface area contributed by atoms with Gasteiger partial charge < -0.3 is 19.7 Å². The van der Waals surface area contributed by atoms with E-state index in [-0.39, 0.29) is 41.0 Å². The number of piperidine rings is 1. The zero-order valence-electron chi connectivity index (χ0n) is 17.8. The van der Waals surface area contributed by atoms with Crippen LogP contribution >= 0.6 is 0 Å². The van der Waals surface area contributed by atoms with Crippen LogP contribution in [0.2, 0.25) is 0 Å². The van der Waals surface area contributed by atoms with Gasteiger partial charge in [0.25, 0.3) is 0 Å². The molecule has 6 aliphatic rings. The van der Waals surface area contributed by atoms with E-state index in [9.17, 15) is 10.2 Å². The van der Waals surface area contributed by atoms with Gasteiger partial charge >= 0.3 is 0 Å². The number of aliphatic hydroxyl groups excluding tert-OH is 1. The molecule has 5 saturated carbocycles. The Kier molecular flexibility index (Phi) is 3.67. The molecule has 5 nitrogen and oxygen atoms in total. The van der Waals surface area contributed by atoms with Crippen molar-refractivity contribution in [1.82, 2.24) is 4.90 Å². The van der Waals surface area contributed by atoms with Crippen LogP contribution < -0.4 is 0 Å². The summed E-state index contributed by atoms with van der Waals surface area (Å²) in [7, 11) is 3.61. The Morgan fingerprint density at radius 3 is 2.61 bits per heavy atom. The standard InChI is InChI=1S/C23H37NO4/c1-5-24-11-21(2)7-6-17(25)23-13-8-12-15(27-3)10-22(26,18(13)19(12)28-4)14(20(23)24)9-16(21)23/h12-20,25-26H,5-11H2,1-4H3/t12-,13?,14+,15+,16?,17+,18?,19+,20-,21+,22+,23-/m1/s1. The van der Waals surface area contributed by atoms with Crippen LogP contribution in [-0.2, 0) is 9.47 Å². The van der Waals surface area contributed by atoms with Crippen molar-refractivity contribution in [3.63, 3.8) is 0 Å². The van der Waals surface area contributed by atoms with Crippen molar-refractivity contribution in [2.75, 3.05) is 27.3 Å². The molecule has 0 aromatic heterocycles. The lowest BCUT2D eigenvalue weighted by Gasteiger charge is -2.68. The normalized spacial score (nSPS) is 64.3. The van der Waals surface area contributed by atoms with Gasteiger partial charge in [0, 0.05) is 56.4 Å². The zero-order chi connectivity index (χ0) is 19.6. The Labute approximate surface area is 168 Å². The third-order valence-corrected chi connectivity index (χ3v) is 10.9. The highest BCUT2D eigenvalue weighted by Gasteiger charge is 2.83. The Morgan fingerprint density at radius 1 is 1.14 bits per heavy atom. The average Bonchev–Trinajstić information content (AvgIpc) is 3.16. The highest BCUT2D eigenvalue weighted by Crippen LogP contribution is 2.78. The molecular formula is C23H37NO4. The fourth-order valence-corrected chi connectivity index (χ4v) is 10.4. The van der Waals surface area contributed by atoms with Crippen LogP contribution in [0.1, 0.15) is 46.0 Å². The van der Waals surface area contributed by atoms with Crippen molar-refractivity contribution >= 4 is 0 Å². The molecule has 2 N–H and O–H groups in total. The van der Waals surface area contributed by atoms with Gasteiger partial charge in [-0.05, 0) is 49.5 Å². The molecule has 3 unspecified atom stereocenters. The lowest BCUT2D eigenvalue weighted by atomic mass is 9.43. The van der Waals surface area contributed by atoms with E-state index in [0.29, 0.717) is 23.8 Å². The van der Waals surface area contributed by atoms with E-state index in [4.69, 9.17) is 9.47 Å². The molecule has 12 atom stereocenters. The van der Waals surface area contributed by atoms with E-state index in [1.807, 2.05) is 7.11 Å². The molecule has 6 fully saturated rings. The van der Waals surface area contributed by atoms with E-state index < -0.39 is 5.60 Å². The summed E-state index contributed by atoms with van der Waals surface area (Å²) in [6, 6.07) is 0.309. The van der Waals surface area contributed by atoms with Crippen LogP contribution in [0.15, 0.2) is 0 Å². The first-order chi connectivity index (χ1) is 13.4. The lowest BCUT2D eigenvalue weighted by molar-refractivity contribution is -0.268. The van der Waals surface area contributed by atoms with Crippen molar-refractivity contribution in [1.29, 1.82) is 0 Å². The third kappa shape index (κ3) is 1.73. The minimum Gasteiger partial charge on any atom is -0.392 e. The van der Waals surface area contributed by atoms with Gasteiger partial charge in [-0.1, -0.05) is 13.8 Å². The van der Waals surface area contributed by atoms with Crippen LogP contribution in [-0.4, -0.2) is 72.4 Å². The Hall–Kier alpha value is -0.200. The molecule has 5 heteroatoms. The molecule has 0 amide bonds. The minimum absolute atomic E-state index is 0.0580. The van der Waals surface area contributed by atoms with Gasteiger partial charge in [0.15, 0.2) is 0 Å². The number of hydrogen-bond acceptors (Lipinski definition) is 5. The second kappa shape index (κ2) is 5.53. The summed E-state index contributed by atoms with van der Waals surface area (Å²) in [5.41, 5.74) is -0.543. The number of ether oxygens (including phenoxy) is 2. The molecule has 1 spiro atoms. The predicted octanol–water partition coefficient (Wildman–Crippen LogP) is 1.90. The number of nitrogens with zero attached hydrogens (tertiary/aromatic N) is 1. The number of methoxy groups -OCH3 is 2. The first kappa shape index (κ1) is 18.6. The highest BCUT2D eigenvalue weighted by atomic mass is 16.5. The number of aliphatic hydroxyl groups is 2. The molecule has 1 heterocycles. The van der Waals surface area contributed by atoms with Crippen LogP contribution in [0.5, 0.6) is 0 Å². The van der Waals surface area contributed by atoms with Gasteiger partial charge in [0.2, 0.25) is 0 Å². The topological polar surface area (TPSA) is 62.2 Å². The van der Waals surface area contributed by atoms with Gasteiger partial charge in [0.05, 0.1) is 23.9 Å². The van der Waals surface area contributed by atoms with Gasteiger partial charge in [-0.15, -0.1) is 0 Å². The average molecular weight is 392 g/mol. The van der Waals surface area contributed by atoms with Crippen LogP contribution in [0.25, 0.3) is 0 Å². The molecule has 158 valence electrons. The first-order valence-corrected chi connectivity index (χ1v) is 11.6. The number of fused-ring (bicyclic) bond motifs is 2. The SMILES string of the molecule is CCN1C[C@]2(C)CC[C@H](O)[C@@]34C5C[C@@H]6[C@@H](OC)C[C@@](O)(C5[C@H]6OC)[C@@H](CC23)[C@@H]14. The van der Waals surface area contributed by atoms with E-state index >= 15 is 0 Å². The molecule has 0 aromatic rings. The van der Waals surface area contributed by atoms with E-state index in [1.54, 1.807) is 7.11 Å². The van der Waals surface area contributed by atoms with Crippen molar-refractivity contribution in [3.8, 4) is 0 Å². The van der Waals surface area contributed by atoms with Crippen LogP contribution in [0, 0.1) is 40.4 Å². The summed E-state index contributed by atoms with van der Waals surface area (Å²) in [6.07, 6.45) is 4.75. The van der Waals surface area contributed by atoms with Crippen molar-refractivity contribution in [2.45, 2.75) is 75.9 Å². The van der Waals surface area contributed by atoms with Gasteiger partial charge in [0.1, 0.15) is 0 Å². The lowest BCUT2D eigenvalue weighted by Crippen LogP contribution is -2.75. The molecule has 5 aliphatic carbocycles. The number of rotatable bonds is 3. The molecule has 28 heavy (non-hydrogen) atoms. The van der Waals surface area contributed by atoms with Gasteiger partial charge in [-0.2, -0.15) is 0 Å². The quantitative estimate of drug-likeness (QED) is 0.770. The Morgan fingerprint density at radius 2 is 1.93 bits per heavy atom. The second-order valence-corrected chi connectivity index (χ2v) is 11.3. The fourth-order valence-electron chi connectivity index (χ4n) is 10.4. The smallest absolute Gasteiger partial charge is 0.0771 e. The minimum atomic E-state index is -0.731. The van der Waals surface area contributed by atoms with E-state index in [1.165, 1.54) is 0 Å². The molecule has 1 saturated heterocycles. The van der Waals surface area contributed by atoms with Crippen molar-refractivity contribution in [2.24, 2.45) is 40.4 Å². The van der Waals surface area contributed by atoms with E-state index in [0.717, 1.165) is 45.2 Å². The van der Waals surface area contributed by atoms with Crippen LogP contribution in [0.4, 0.5) is 0 Å². The summed E-state index contributed by atoms with van der Waals surface area (Å²) < 4.78 is 12.0.